The van der Waals surface area contributed by atoms with Gasteiger partial charge >= 0.3 is 0 Å². The van der Waals surface area contributed by atoms with Gasteiger partial charge in [-0.1, -0.05) is 46.6 Å². The van der Waals surface area contributed by atoms with Crippen molar-refractivity contribution in [2.75, 3.05) is 0 Å². The maximum atomic E-state index is 8.70. The molecule has 0 aliphatic rings. The smallest absolute Gasteiger partial charge is 0.118 e. The first-order valence-corrected chi connectivity index (χ1v) is 6.46. The number of hydrogen-bond acceptors (Lipinski definition) is 2. The monoisotopic (exact) mass is 302 g/mol. The second-order valence-corrected chi connectivity index (χ2v) is 5.45. The lowest BCUT2D eigenvalue weighted by atomic mass is 10.4. The molecule has 0 radical (unpaired) electrons. The Hall–Kier alpha value is -0.790. The van der Waals surface area contributed by atoms with Crippen LogP contribution in [0.1, 0.15) is 5.69 Å². The zero-order valence-corrected chi connectivity index (χ0v) is 11.4. The van der Waals surface area contributed by atoms with Gasteiger partial charge in [0.2, 0.25) is 0 Å². The van der Waals surface area contributed by atoms with Crippen molar-refractivity contribution in [3.63, 3.8) is 0 Å². The number of aromatic amines is 1. The van der Waals surface area contributed by atoms with Gasteiger partial charge in [-0.15, -0.1) is 0 Å². The summed E-state index contributed by atoms with van der Waals surface area (Å²) in [5.41, 5.74) is 0.503. The Balaban J connectivity index is 2.30. The minimum absolute atomic E-state index is 0.421. The molecule has 0 bridgehead atoms. The summed E-state index contributed by atoms with van der Waals surface area (Å²) in [6.45, 7) is 0. The highest BCUT2D eigenvalue weighted by molar-refractivity contribution is 7.99. The zero-order valence-electron chi connectivity index (χ0n) is 8.30. The Labute approximate surface area is 117 Å². The molecule has 0 fully saturated rings. The second-order valence-electron chi connectivity index (χ2n) is 3.15. The Morgan fingerprint density at radius 3 is 2.41 bits per heavy atom. The first kappa shape index (κ1) is 12.7. The van der Waals surface area contributed by atoms with Crippen molar-refractivity contribution in [2.24, 2.45) is 0 Å². The summed E-state index contributed by atoms with van der Waals surface area (Å²) in [7, 11) is 0. The van der Waals surface area contributed by atoms with E-state index in [1.54, 1.807) is 18.2 Å². The van der Waals surface area contributed by atoms with Crippen molar-refractivity contribution in [2.45, 2.75) is 9.92 Å². The molecule has 0 saturated heterocycles. The quantitative estimate of drug-likeness (QED) is 0.793. The van der Waals surface area contributed by atoms with Crippen LogP contribution in [0.2, 0.25) is 15.1 Å². The van der Waals surface area contributed by atoms with Crippen LogP contribution in [0.15, 0.2) is 34.2 Å². The molecule has 0 spiro atoms. The lowest BCUT2D eigenvalue weighted by Crippen LogP contribution is -1.79. The predicted molar refractivity (Wildman–Crippen MR) is 71.1 cm³/mol. The normalized spacial score (nSPS) is 10.2. The molecule has 0 unspecified atom stereocenters. The van der Waals surface area contributed by atoms with E-state index in [2.05, 4.69) is 4.98 Å². The van der Waals surface area contributed by atoms with Crippen LogP contribution in [0.3, 0.4) is 0 Å². The molecular weight excluding hydrogens is 299 g/mol. The summed E-state index contributed by atoms with van der Waals surface area (Å²) in [6, 6.07) is 8.83. The molecule has 0 aliphatic carbocycles. The van der Waals surface area contributed by atoms with Crippen LogP contribution in [-0.2, 0) is 0 Å². The highest BCUT2D eigenvalue weighted by atomic mass is 35.5. The molecule has 0 atom stereocenters. The second kappa shape index (κ2) is 5.24. The molecule has 17 heavy (non-hydrogen) atoms. The molecule has 1 heterocycles. The van der Waals surface area contributed by atoms with Gasteiger partial charge in [0.05, 0.1) is 20.1 Å². The SMILES string of the molecule is N#Cc1ccc(Sc2cc(Cl)c(Cl)cc2Cl)[nH]1. The van der Waals surface area contributed by atoms with E-state index in [-0.39, 0.29) is 0 Å². The van der Waals surface area contributed by atoms with Crippen molar-refractivity contribution in [1.82, 2.24) is 4.98 Å². The summed E-state index contributed by atoms with van der Waals surface area (Å²) >= 11 is 19.2. The Kier molecular flexibility index (Phi) is 3.90. The first-order chi connectivity index (χ1) is 8.10. The maximum Gasteiger partial charge on any atom is 0.118 e. The fraction of sp³-hybridized carbons (Fsp3) is 0. The summed E-state index contributed by atoms with van der Waals surface area (Å²) in [5.74, 6) is 0. The molecule has 1 N–H and O–H groups in total. The summed E-state index contributed by atoms with van der Waals surface area (Å²) in [5, 5.41) is 10.9. The molecule has 0 amide bonds. The van der Waals surface area contributed by atoms with Gasteiger partial charge in [-0.25, -0.2) is 0 Å². The van der Waals surface area contributed by atoms with Gasteiger partial charge in [0.1, 0.15) is 11.8 Å². The largest absolute Gasteiger partial charge is 0.341 e. The summed E-state index contributed by atoms with van der Waals surface area (Å²) in [6.07, 6.45) is 0. The number of benzene rings is 1. The number of H-pyrrole nitrogens is 1. The third-order valence-electron chi connectivity index (χ3n) is 1.97. The van der Waals surface area contributed by atoms with Gasteiger partial charge in [0.25, 0.3) is 0 Å². The van der Waals surface area contributed by atoms with Crippen LogP contribution < -0.4 is 0 Å². The average Bonchev–Trinajstić information content (AvgIpc) is 2.73. The first-order valence-electron chi connectivity index (χ1n) is 4.51. The zero-order chi connectivity index (χ0) is 12.4. The molecule has 1 aromatic carbocycles. The Bertz CT molecular complexity index is 601. The van der Waals surface area contributed by atoms with Gasteiger partial charge in [-0.2, -0.15) is 5.26 Å². The third-order valence-corrected chi connectivity index (χ3v) is 4.14. The lowest BCUT2D eigenvalue weighted by molar-refractivity contribution is 1.17. The molecule has 2 nitrogen and oxygen atoms in total. The number of nitrogens with one attached hydrogen (secondary N) is 1. The van der Waals surface area contributed by atoms with E-state index >= 15 is 0 Å². The van der Waals surface area contributed by atoms with E-state index in [9.17, 15) is 0 Å². The van der Waals surface area contributed by atoms with E-state index in [1.165, 1.54) is 11.8 Å². The van der Waals surface area contributed by atoms with Gasteiger partial charge in [0, 0.05) is 4.90 Å². The van der Waals surface area contributed by atoms with Crippen LogP contribution >= 0.6 is 46.6 Å². The number of nitrogens with zero attached hydrogens (tertiary/aromatic N) is 1. The molecule has 1 aromatic heterocycles. The molecule has 2 rings (SSSR count). The Morgan fingerprint density at radius 1 is 1.06 bits per heavy atom. The maximum absolute atomic E-state index is 8.70. The van der Waals surface area contributed by atoms with Crippen molar-refractivity contribution < 1.29 is 0 Å². The van der Waals surface area contributed by atoms with Crippen molar-refractivity contribution in [3.8, 4) is 6.07 Å². The highest BCUT2D eigenvalue weighted by Gasteiger charge is 2.08. The fourth-order valence-corrected chi connectivity index (χ4v) is 2.80. The van der Waals surface area contributed by atoms with E-state index in [0.717, 1.165) is 9.92 Å². The molecular formula is C11H5Cl3N2S. The average molecular weight is 304 g/mol. The Morgan fingerprint density at radius 2 is 1.76 bits per heavy atom. The minimum Gasteiger partial charge on any atom is -0.341 e. The van der Waals surface area contributed by atoms with Crippen LogP contribution in [0.5, 0.6) is 0 Å². The van der Waals surface area contributed by atoms with Gasteiger partial charge in [0.15, 0.2) is 0 Å². The summed E-state index contributed by atoms with van der Waals surface area (Å²) < 4.78 is 0. The van der Waals surface area contributed by atoms with E-state index in [4.69, 9.17) is 40.1 Å². The fourth-order valence-electron chi connectivity index (χ4n) is 1.20. The standard InChI is InChI=1S/C11H5Cl3N2S/c12-7-3-9(14)10(4-8(7)13)17-11-2-1-6(5-15)16-11/h1-4,16H. The molecule has 86 valence electrons. The molecule has 0 saturated carbocycles. The van der Waals surface area contributed by atoms with E-state index in [0.29, 0.717) is 20.8 Å². The van der Waals surface area contributed by atoms with E-state index < -0.39 is 0 Å². The van der Waals surface area contributed by atoms with Gasteiger partial charge in [-0.3, -0.25) is 0 Å². The number of halogens is 3. The van der Waals surface area contributed by atoms with Crippen LogP contribution in [0.4, 0.5) is 0 Å². The predicted octanol–water partition coefficient (Wildman–Crippen LogP) is 5.00. The lowest BCUT2D eigenvalue weighted by Gasteiger charge is -2.04. The highest BCUT2D eigenvalue weighted by Crippen LogP contribution is 2.37. The molecule has 0 aliphatic heterocycles. The van der Waals surface area contributed by atoms with Crippen LogP contribution in [0, 0.1) is 11.3 Å². The van der Waals surface area contributed by atoms with Crippen LogP contribution in [0.25, 0.3) is 0 Å². The topological polar surface area (TPSA) is 39.6 Å². The van der Waals surface area contributed by atoms with Crippen LogP contribution in [-0.4, -0.2) is 4.98 Å². The van der Waals surface area contributed by atoms with Crippen molar-refractivity contribution in [1.29, 1.82) is 5.26 Å². The van der Waals surface area contributed by atoms with Crippen molar-refractivity contribution in [3.05, 3.63) is 45.0 Å². The van der Waals surface area contributed by atoms with Gasteiger partial charge < -0.3 is 4.98 Å². The number of nitriles is 1. The molecule has 6 heteroatoms. The number of rotatable bonds is 2. The summed E-state index contributed by atoms with van der Waals surface area (Å²) in [4.78, 5) is 3.72. The third kappa shape index (κ3) is 2.91. The number of hydrogen-bond donors (Lipinski definition) is 1. The molecule has 2 aromatic rings. The number of aromatic nitrogens is 1. The minimum atomic E-state index is 0.421. The van der Waals surface area contributed by atoms with Gasteiger partial charge in [-0.05, 0) is 24.3 Å². The van der Waals surface area contributed by atoms with E-state index in [1.807, 2.05) is 12.1 Å². The van der Waals surface area contributed by atoms with Crippen molar-refractivity contribution >= 4 is 46.6 Å².